The summed E-state index contributed by atoms with van der Waals surface area (Å²) in [6.45, 7) is -0.275. The molecule has 0 bridgehead atoms. The molecule has 0 saturated carbocycles. The summed E-state index contributed by atoms with van der Waals surface area (Å²) in [6.07, 6.45) is 1.51. The highest BCUT2D eigenvalue weighted by atomic mass is 32.2. The first-order valence-electron chi connectivity index (χ1n) is 10.4. The van der Waals surface area contributed by atoms with Crippen LogP contribution >= 0.6 is 11.8 Å². The minimum Gasteiger partial charge on any atom is -0.454 e. The zero-order valence-corrected chi connectivity index (χ0v) is 18.9. The number of thioether (sulfide) groups is 1. The van der Waals surface area contributed by atoms with Crippen molar-refractivity contribution >= 4 is 40.2 Å². The molecule has 1 amide bonds. The fourth-order valence-corrected chi connectivity index (χ4v) is 4.05. The van der Waals surface area contributed by atoms with Crippen molar-refractivity contribution < 1.29 is 23.8 Å². The van der Waals surface area contributed by atoms with E-state index in [9.17, 15) is 14.4 Å². The second-order valence-electron chi connectivity index (χ2n) is 7.23. The number of esters is 1. The Bertz CT molecular complexity index is 1490. The number of rotatable bonds is 7. The average molecular weight is 491 g/mol. The summed E-state index contributed by atoms with van der Waals surface area (Å²) < 4.78 is 16.8. The zero-order chi connectivity index (χ0) is 24.2. The van der Waals surface area contributed by atoms with Gasteiger partial charge in [-0.15, -0.1) is 5.10 Å². The van der Waals surface area contributed by atoms with E-state index in [1.54, 1.807) is 48.5 Å². The number of ether oxygens (including phenoxy) is 3. The van der Waals surface area contributed by atoms with Gasteiger partial charge in [0.25, 0.3) is 5.56 Å². The molecule has 1 aliphatic heterocycles. The van der Waals surface area contributed by atoms with Crippen molar-refractivity contribution in [3.8, 4) is 11.5 Å². The van der Waals surface area contributed by atoms with E-state index in [0.29, 0.717) is 33.1 Å². The molecule has 1 N–H and O–H groups in total. The number of hydrogen-bond acceptors (Lipinski definition) is 10. The predicted molar refractivity (Wildman–Crippen MR) is 125 cm³/mol. The summed E-state index contributed by atoms with van der Waals surface area (Å²) >= 11 is 1.08. The molecule has 35 heavy (non-hydrogen) atoms. The standard InChI is InChI=1S/C23H17N5O6S/c29-20(25-14-7-8-18-19(10-14)34-13-33-18)11-35-21-16(5-3-9-24-21)23(31)32-12-28-22(30)15-4-1-2-6-17(15)26-27-28/h1-10H,11-13H2,(H,25,29). The third-order valence-electron chi connectivity index (χ3n) is 4.93. The number of hydrogen-bond donors (Lipinski definition) is 1. The van der Waals surface area contributed by atoms with Crippen LogP contribution in [-0.2, 0) is 16.3 Å². The van der Waals surface area contributed by atoms with Crippen LogP contribution in [0, 0.1) is 0 Å². The first kappa shape index (κ1) is 22.3. The molecule has 3 heterocycles. The van der Waals surface area contributed by atoms with Gasteiger partial charge in [-0.25, -0.2) is 9.78 Å². The molecule has 0 unspecified atom stereocenters. The largest absolute Gasteiger partial charge is 0.454 e. The zero-order valence-electron chi connectivity index (χ0n) is 18.0. The highest BCUT2D eigenvalue weighted by Gasteiger charge is 2.18. The van der Waals surface area contributed by atoms with Crippen LogP contribution in [0.5, 0.6) is 11.5 Å². The van der Waals surface area contributed by atoms with Crippen LogP contribution in [0.25, 0.3) is 10.9 Å². The molecule has 0 fully saturated rings. The Hall–Kier alpha value is -4.45. The molecule has 4 aromatic rings. The number of benzene rings is 2. The van der Waals surface area contributed by atoms with Crippen molar-refractivity contribution in [2.24, 2.45) is 0 Å². The van der Waals surface area contributed by atoms with E-state index >= 15 is 0 Å². The molecule has 1 aliphatic rings. The lowest BCUT2D eigenvalue weighted by molar-refractivity contribution is -0.113. The lowest BCUT2D eigenvalue weighted by atomic mass is 10.2. The molecule has 11 nitrogen and oxygen atoms in total. The third-order valence-corrected chi connectivity index (χ3v) is 5.94. The van der Waals surface area contributed by atoms with Crippen LogP contribution in [0.1, 0.15) is 10.4 Å². The number of pyridine rings is 1. The van der Waals surface area contributed by atoms with Crippen LogP contribution < -0.4 is 20.3 Å². The quantitative estimate of drug-likeness (QED) is 0.303. The van der Waals surface area contributed by atoms with E-state index in [0.717, 1.165) is 16.4 Å². The van der Waals surface area contributed by atoms with Gasteiger partial charge in [-0.05, 0) is 36.4 Å². The Morgan fingerprint density at radius 1 is 1.09 bits per heavy atom. The summed E-state index contributed by atoms with van der Waals surface area (Å²) in [7, 11) is 0. The molecule has 0 atom stereocenters. The molecular weight excluding hydrogens is 474 g/mol. The van der Waals surface area contributed by atoms with E-state index < -0.39 is 18.3 Å². The molecule has 0 radical (unpaired) electrons. The molecule has 0 saturated heterocycles. The highest BCUT2D eigenvalue weighted by Crippen LogP contribution is 2.34. The van der Waals surface area contributed by atoms with Gasteiger partial charge < -0.3 is 19.5 Å². The van der Waals surface area contributed by atoms with Gasteiger partial charge in [-0.1, -0.05) is 29.1 Å². The first-order valence-corrected chi connectivity index (χ1v) is 11.3. The van der Waals surface area contributed by atoms with Gasteiger partial charge >= 0.3 is 5.97 Å². The van der Waals surface area contributed by atoms with Gasteiger partial charge in [-0.3, -0.25) is 9.59 Å². The van der Waals surface area contributed by atoms with Crippen LogP contribution in [0.2, 0.25) is 0 Å². The molecule has 0 spiro atoms. The number of aromatic nitrogens is 4. The third kappa shape index (κ3) is 4.92. The maximum atomic E-state index is 12.7. The van der Waals surface area contributed by atoms with E-state index in [4.69, 9.17) is 14.2 Å². The topological polar surface area (TPSA) is 135 Å². The Labute approximate surface area is 202 Å². The number of nitrogens with zero attached hydrogens (tertiary/aromatic N) is 4. The second kappa shape index (κ2) is 9.81. The molecule has 12 heteroatoms. The highest BCUT2D eigenvalue weighted by molar-refractivity contribution is 8.00. The minimum absolute atomic E-state index is 0.00133. The molecule has 0 aliphatic carbocycles. The monoisotopic (exact) mass is 491 g/mol. The van der Waals surface area contributed by atoms with Gasteiger partial charge in [0.1, 0.15) is 10.5 Å². The van der Waals surface area contributed by atoms with Crippen LogP contribution in [-0.4, -0.2) is 44.4 Å². The van der Waals surface area contributed by atoms with Crippen molar-refractivity contribution in [3.05, 3.63) is 76.7 Å². The van der Waals surface area contributed by atoms with Gasteiger partial charge in [0, 0.05) is 18.0 Å². The minimum atomic E-state index is -0.710. The van der Waals surface area contributed by atoms with Crippen molar-refractivity contribution in [1.29, 1.82) is 0 Å². The van der Waals surface area contributed by atoms with Crippen LogP contribution in [0.4, 0.5) is 5.69 Å². The van der Waals surface area contributed by atoms with E-state index in [1.807, 2.05) is 0 Å². The Morgan fingerprint density at radius 3 is 2.86 bits per heavy atom. The van der Waals surface area contributed by atoms with E-state index in [2.05, 4.69) is 20.6 Å². The normalized spacial score (nSPS) is 11.9. The number of carbonyl (C=O) groups is 2. The van der Waals surface area contributed by atoms with Gasteiger partial charge in [0.05, 0.1) is 16.7 Å². The van der Waals surface area contributed by atoms with Crippen molar-refractivity contribution in [3.63, 3.8) is 0 Å². The predicted octanol–water partition coefficient (Wildman–Crippen LogP) is 2.46. The maximum Gasteiger partial charge on any atom is 0.342 e. The summed E-state index contributed by atoms with van der Waals surface area (Å²) in [5.41, 5.74) is 0.743. The number of anilines is 1. The molecule has 2 aromatic carbocycles. The molecular formula is C23H17N5O6S. The lowest BCUT2D eigenvalue weighted by Gasteiger charge is -2.10. The summed E-state index contributed by atoms with van der Waals surface area (Å²) in [5, 5.41) is 11.2. The summed E-state index contributed by atoms with van der Waals surface area (Å²) in [4.78, 5) is 41.8. The van der Waals surface area contributed by atoms with Gasteiger partial charge in [0.2, 0.25) is 12.7 Å². The van der Waals surface area contributed by atoms with Gasteiger partial charge in [-0.2, -0.15) is 4.68 Å². The van der Waals surface area contributed by atoms with Crippen molar-refractivity contribution in [1.82, 2.24) is 20.0 Å². The fraction of sp³-hybridized carbons (Fsp3) is 0.130. The number of amides is 1. The molecule has 5 rings (SSSR count). The smallest absolute Gasteiger partial charge is 0.342 e. The Kier molecular flexibility index (Phi) is 6.26. The number of nitrogens with one attached hydrogen (secondary N) is 1. The van der Waals surface area contributed by atoms with Crippen molar-refractivity contribution in [2.45, 2.75) is 11.8 Å². The van der Waals surface area contributed by atoms with Crippen LogP contribution in [0.3, 0.4) is 0 Å². The first-order chi connectivity index (χ1) is 17.1. The van der Waals surface area contributed by atoms with Gasteiger partial charge in [0.15, 0.2) is 18.2 Å². The van der Waals surface area contributed by atoms with E-state index in [-0.39, 0.29) is 24.0 Å². The molecule has 2 aromatic heterocycles. The number of carbonyl (C=O) groups excluding carboxylic acids is 2. The Balaban J connectivity index is 1.21. The average Bonchev–Trinajstić information content (AvgIpc) is 3.35. The number of fused-ring (bicyclic) bond motifs is 2. The lowest BCUT2D eigenvalue weighted by Crippen LogP contribution is -2.26. The fourth-order valence-electron chi connectivity index (χ4n) is 3.27. The van der Waals surface area contributed by atoms with Crippen molar-refractivity contribution in [2.75, 3.05) is 17.9 Å². The Morgan fingerprint density at radius 2 is 1.94 bits per heavy atom. The summed E-state index contributed by atoms with van der Waals surface area (Å²) in [6, 6.07) is 14.9. The SMILES string of the molecule is O=C(CSc1ncccc1C(=O)OCn1nnc2ccccc2c1=O)Nc1ccc2c(c1)OCO2. The second-order valence-corrected chi connectivity index (χ2v) is 8.20. The van der Waals surface area contributed by atoms with E-state index in [1.165, 1.54) is 12.3 Å². The maximum absolute atomic E-state index is 12.7. The van der Waals surface area contributed by atoms with Crippen LogP contribution in [0.15, 0.2) is 70.6 Å². The summed E-state index contributed by atoms with van der Waals surface area (Å²) in [5.74, 6) is 0.170. The molecule has 176 valence electrons.